The lowest BCUT2D eigenvalue weighted by molar-refractivity contribution is 0.241. The fraction of sp³-hybridized carbons (Fsp3) is 0.917. The second kappa shape index (κ2) is 3.92. The van der Waals surface area contributed by atoms with E-state index < -0.39 is 0 Å². The first kappa shape index (κ1) is 10.0. The van der Waals surface area contributed by atoms with Gasteiger partial charge in [0, 0.05) is 5.92 Å². The maximum absolute atomic E-state index is 5.97. The lowest BCUT2D eigenvalue weighted by Gasteiger charge is -2.31. The Bertz CT molecular complexity index is 230. The van der Waals surface area contributed by atoms with Crippen molar-refractivity contribution < 1.29 is 0 Å². The number of rotatable bonds is 2. The summed E-state index contributed by atoms with van der Waals surface area (Å²) in [6.07, 6.45) is 6.49. The van der Waals surface area contributed by atoms with Crippen LogP contribution in [-0.2, 0) is 0 Å². The third kappa shape index (κ3) is 2.10. The van der Waals surface area contributed by atoms with Crippen molar-refractivity contribution in [3.63, 3.8) is 0 Å². The molecule has 2 aliphatic rings. The standard InChI is InChI=1S/C12H22N2/c1-8-4-3-5-11(9(8)2)14-12(13)10-6-7-10/h8-11H,3-7H2,1-2H3,(H2,13,14). The zero-order chi connectivity index (χ0) is 10.1. The lowest BCUT2D eigenvalue weighted by atomic mass is 9.78. The second-order valence-electron chi connectivity index (χ2n) is 5.16. The fourth-order valence-electron chi connectivity index (χ4n) is 2.41. The summed E-state index contributed by atoms with van der Waals surface area (Å²) >= 11 is 0. The van der Waals surface area contributed by atoms with E-state index in [1.54, 1.807) is 0 Å². The van der Waals surface area contributed by atoms with E-state index in [1.165, 1.54) is 32.1 Å². The van der Waals surface area contributed by atoms with Gasteiger partial charge in [0.25, 0.3) is 0 Å². The van der Waals surface area contributed by atoms with E-state index in [1.807, 2.05) is 0 Å². The van der Waals surface area contributed by atoms with Crippen molar-refractivity contribution in [2.45, 2.75) is 52.0 Å². The minimum Gasteiger partial charge on any atom is -0.387 e. The molecule has 3 atom stereocenters. The van der Waals surface area contributed by atoms with Crippen LogP contribution >= 0.6 is 0 Å². The summed E-state index contributed by atoms with van der Waals surface area (Å²) in [4.78, 5) is 4.72. The van der Waals surface area contributed by atoms with Gasteiger partial charge in [0.05, 0.1) is 11.9 Å². The predicted molar refractivity (Wildman–Crippen MR) is 60.3 cm³/mol. The Kier molecular flexibility index (Phi) is 2.80. The van der Waals surface area contributed by atoms with Gasteiger partial charge in [-0.05, 0) is 31.1 Å². The van der Waals surface area contributed by atoms with E-state index in [2.05, 4.69) is 13.8 Å². The molecule has 0 aliphatic heterocycles. The summed E-state index contributed by atoms with van der Waals surface area (Å²) in [5, 5.41) is 0. The molecule has 2 fully saturated rings. The summed E-state index contributed by atoms with van der Waals surface area (Å²) in [6, 6.07) is 0.513. The summed E-state index contributed by atoms with van der Waals surface area (Å²) in [5.41, 5.74) is 5.97. The van der Waals surface area contributed by atoms with E-state index in [0.717, 1.165) is 17.7 Å². The average molecular weight is 194 g/mol. The van der Waals surface area contributed by atoms with Crippen molar-refractivity contribution in [2.24, 2.45) is 28.5 Å². The van der Waals surface area contributed by atoms with Crippen LogP contribution in [0.3, 0.4) is 0 Å². The predicted octanol–water partition coefficient (Wildman–Crippen LogP) is 2.58. The molecule has 2 saturated carbocycles. The van der Waals surface area contributed by atoms with E-state index in [9.17, 15) is 0 Å². The first-order valence-electron chi connectivity index (χ1n) is 6.01. The van der Waals surface area contributed by atoms with Gasteiger partial charge in [-0.2, -0.15) is 0 Å². The summed E-state index contributed by atoms with van der Waals surface area (Å²) < 4.78 is 0. The van der Waals surface area contributed by atoms with Crippen LogP contribution in [0.4, 0.5) is 0 Å². The van der Waals surface area contributed by atoms with Gasteiger partial charge < -0.3 is 5.73 Å². The Hall–Kier alpha value is -0.530. The Balaban J connectivity index is 1.98. The minimum absolute atomic E-state index is 0.513. The molecule has 2 rings (SSSR count). The van der Waals surface area contributed by atoms with Crippen molar-refractivity contribution in [1.29, 1.82) is 0 Å². The molecule has 2 nitrogen and oxygen atoms in total. The Morgan fingerprint density at radius 3 is 2.50 bits per heavy atom. The molecule has 0 radical (unpaired) electrons. The highest BCUT2D eigenvalue weighted by Crippen LogP contribution is 2.34. The zero-order valence-electron chi connectivity index (χ0n) is 9.37. The molecule has 2 aliphatic carbocycles. The zero-order valence-corrected chi connectivity index (χ0v) is 9.37. The maximum Gasteiger partial charge on any atom is 0.0971 e. The normalized spacial score (nSPS) is 39.9. The van der Waals surface area contributed by atoms with Crippen LogP contribution in [0.1, 0.15) is 46.0 Å². The smallest absolute Gasteiger partial charge is 0.0971 e. The summed E-state index contributed by atoms with van der Waals surface area (Å²) in [5.74, 6) is 3.13. The first-order valence-corrected chi connectivity index (χ1v) is 6.01. The molecule has 80 valence electrons. The SMILES string of the molecule is CC1CCCC(N=C(N)C2CC2)C1C. The molecule has 0 amide bonds. The van der Waals surface area contributed by atoms with Gasteiger partial charge in [-0.1, -0.05) is 26.7 Å². The molecule has 2 N–H and O–H groups in total. The Morgan fingerprint density at radius 2 is 1.86 bits per heavy atom. The van der Waals surface area contributed by atoms with E-state index >= 15 is 0 Å². The highest BCUT2D eigenvalue weighted by atomic mass is 14.9. The number of hydrogen-bond donors (Lipinski definition) is 1. The van der Waals surface area contributed by atoms with Gasteiger partial charge in [-0.3, -0.25) is 4.99 Å². The van der Waals surface area contributed by atoms with Gasteiger partial charge in [-0.25, -0.2) is 0 Å². The van der Waals surface area contributed by atoms with E-state index in [0.29, 0.717) is 12.0 Å². The van der Waals surface area contributed by atoms with Crippen molar-refractivity contribution in [1.82, 2.24) is 0 Å². The van der Waals surface area contributed by atoms with Crippen molar-refractivity contribution >= 4 is 5.84 Å². The molecule has 0 bridgehead atoms. The maximum atomic E-state index is 5.97. The highest BCUT2D eigenvalue weighted by molar-refractivity contribution is 5.85. The molecule has 14 heavy (non-hydrogen) atoms. The van der Waals surface area contributed by atoms with Crippen molar-refractivity contribution in [2.75, 3.05) is 0 Å². The lowest BCUT2D eigenvalue weighted by Crippen LogP contribution is -2.30. The van der Waals surface area contributed by atoms with Crippen LogP contribution in [0.15, 0.2) is 4.99 Å². The third-order valence-electron chi connectivity index (χ3n) is 3.97. The largest absolute Gasteiger partial charge is 0.387 e. The van der Waals surface area contributed by atoms with E-state index in [-0.39, 0.29) is 0 Å². The van der Waals surface area contributed by atoms with Gasteiger partial charge >= 0.3 is 0 Å². The first-order chi connectivity index (χ1) is 6.68. The Labute approximate surface area is 87.0 Å². The average Bonchev–Trinajstić information content (AvgIpc) is 2.95. The summed E-state index contributed by atoms with van der Waals surface area (Å²) in [6.45, 7) is 4.68. The quantitative estimate of drug-likeness (QED) is 0.532. The highest BCUT2D eigenvalue weighted by Gasteiger charge is 2.30. The van der Waals surface area contributed by atoms with E-state index in [4.69, 9.17) is 10.7 Å². The molecule has 0 aromatic rings. The summed E-state index contributed by atoms with van der Waals surface area (Å²) in [7, 11) is 0. The van der Waals surface area contributed by atoms with Gasteiger partial charge in [0.1, 0.15) is 0 Å². The van der Waals surface area contributed by atoms with Crippen molar-refractivity contribution in [3.8, 4) is 0 Å². The minimum atomic E-state index is 0.513. The third-order valence-corrected chi connectivity index (χ3v) is 3.97. The second-order valence-corrected chi connectivity index (χ2v) is 5.16. The van der Waals surface area contributed by atoms with Crippen LogP contribution in [-0.4, -0.2) is 11.9 Å². The number of hydrogen-bond acceptors (Lipinski definition) is 1. The van der Waals surface area contributed by atoms with Crippen LogP contribution in [0.5, 0.6) is 0 Å². The Morgan fingerprint density at radius 1 is 1.14 bits per heavy atom. The van der Waals surface area contributed by atoms with Crippen LogP contribution in [0.2, 0.25) is 0 Å². The molecule has 0 spiro atoms. The van der Waals surface area contributed by atoms with Gasteiger partial charge in [0.2, 0.25) is 0 Å². The number of nitrogens with two attached hydrogens (primary N) is 1. The van der Waals surface area contributed by atoms with Crippen LogP contribution in [0, 0.1) is 17.8 Å². The molecule has 0 aromatic heterocycles. The fourth-order valence-corrected chi connectivity index (χ4v) is 2.41. The monoisotopic (exact) mass is 194 g/mol. The topological polar surface area (TPSA) is 38.4 Å². The number of amidine groups is 1. The number of aliphatic imine (C=N–C) groups is 1. The molecule has 2 heteroatoms. The number of nitrogens with zero attached hydrogens (tertiary/aromatic N) is 1. The molecule has 0 heterocycles. The van der Waals surface area contributed by atoms with Crippen molar-refractivity contribution in [3.05, 3.63) is 0 Å². The van der Waals surface area contributed by atoms with Gasteiger partial charge in [-0.15, -0.1) is 0 Å². The molecule has 3 unspecified atom stereocenters. The van der Waals surface area contributed by atoms with Crippen LogP contribution in [0.25, 0.3) is 0 Å². The molecule has 0 aromatic carbocycles. The molecular formula is C12H22N2. The van der Waals surface area contributed by atoms with Crippen LogP contribution < -0.4 is 5.73 Å². The van der Waals surface area contributed by atoms with Gasteiger partial charge in [0.15, 0.2) is 0 Å². The molecule has 0 saturated heterocycles. The molecular weight excluding hydrogens is 172 g/mol.